The van der Waals surface area contributed by atoms with Gasteiger partial charge in [0, 0.05) is 61.7 Å². The molecule has 2 aromatic rings. The van der Waals surface area contributed by atoms with E-state index in [0.29, 0.717) is 31.3 Å². The first-order valence-corrected chi connectivity index (χ1v) is 10.9. The lowest BCUT2D eigenvalue weighted by Gasteiger charge is -2.47. The van der Waals surface area contributed by atoms with Gasteiger partial charge in [-0.1, -0.05) is 19.9 Å². The van der Waals surface area contributed by atoms with Crippen LogP contribution in [0.2, 0.25) is 0 Å². The number of piperidine rings is 1. The van der Waals surface area contributed by atoms with E-state index in [2.05, 4.69) is 29.6 Å². The highest BCUT2D eigenvalue weighted by molar-refractivity contribution is 5.76. The summed E-state index contributed by atoms with van der Waals surface area (Å²) in [6.07, 6.45) is 5.42. The monoisotopic (exact) mass is 396 g/mol. The van der Waals surface area contributed by atoms with Crippen molar-refractivity contribution in [1.29, 1.82) is 0 Å². The second-order valence-electron chi connectivity index (χ2n) is 9.13. The number of likely N-dealkylation sites (tertiary alicyclic amines) is 1. The van der Waals surface area contributed by atoms with Crippen molar-refractivity contribution in [3.05, 3.63) is 52.2 Å². The van der Waals surface area contributed by atoms with Crippen LogP contribution in [-0.2, 0) is 11.3 Å². The van der Waals surface area contributed by atoms with E-state index in [1.54, 1.807) is 12.3 Å². The van der Waals surface area contributed by atoms with E-state index in [1.807, 2.05) is 28.6 Å². The van der Waals surface area contributed by atoms with Crippen LogP contribution in [0.15, 0.2) is 35.3 Å². The molecule has 29 heavy (non-hydrogen) atoms. The molecule has 0 N–H and O–H groups in total. The summed E-state index contributed by atoms with van der Waals surface area (Å²) in [5.74, 6) is 1.42. The first-order chi connectivity index (χ1) is 13.9. The predicted molar refractivity (Wildman–Crippen MR) is 113 cm³/mol. The van der Waals surface area contributed by atoms with Crippen molar-refractivity contribution in [2.75, 3.05) is 13.1 Å². The molecule has 3 atom stereocenters. The molecule has 6 heteroatoms. The van der Waals surface area contributed by atoms with E-state index in [0.717, 1.165) is 37.2 Å². The zero-order chi connectivity index (χ0) is 20.5. The molecule has 2 aromatic heterocycles. The number of aryl methyl sites for hydroxylation is 2. The first-order valence-electron chi connectivity index (χ1n) is 10.9. The summed E-state index contributed by atoms with van der Waals surface area (Å²) in [5, 5.41) is 4.29. The van der Waals surface area contributed by atoms with Crippen LogP contribution >= 0.6 is 0 Å². The summed E-state index contributed by atoms with van der Waals surface area (Å²) in [7, 11) is 0. The minimum Gasteiger partial charge on any atom is -0.342 e. The van der Waals surface area contributed by atoms with Crippen molar-refractivity contribution in [2.45, 2.75) is 65.0 Å². The summed E-state index contributed by atoms with van der Waals surface area (Å²) in [5.41, 5.74) is 2.30. The van der Waals surface area contributed by atoms with E-state index in [9.17, 15) is 9.59 Å². The minimum atomic E-state index is 0.111. The van der Waals surface area contributed by atoms with Crippen LogP contribution in [0.25, 0.3) is 0 Å². The minimum absolute atomic E-state index is 0.111. The Hall–Kier alpha value is -2.37. The molecule has 0 unspecified atom stereocenters. The number of nitrogens with zero attached hydrogens (tertiary/aromatic N) is 4. The molecule has 0 saturated carbocycles. The van der Waals surface area contributed by atoms with Crippen molar-refractivity contribution < 1.29 is 4.79 Å². The van der Waals surface area contributed by atoms with Crippen LogP contribution in [0, 0.1) is 18.8 Å². The topological polar surface area (TPSA) is 60.1 Å². The molecular formula is C23H32N4O2. The number of pyridine rings is 1. The molecule has 2 bridgehead atoms. The maximum Gasteiger partial charge on any atom is 0.250 e. The van der Waals surface area contributed by atoms with Gasteiger partial charge >= 0.3 is 0 Å². The average Bonchev–Trinajstić information content (AvgIpc) is 3.11. The fourth-order valence-corrected chi connectivity index (χ4v) is 5.11. The third-order valence-corrected chi connectivity index (χ3v) is 6.66. The molecule has 1 saturated heterocycles. The highest BCUT2D eigenvalue weighted by atomic mass is 16.2. The summed E-state index contributed by atoms with van der Waals surface area (Å²) in [6, 6.07) is 7.80. The van der Waals surface area contributed by atoms with Gasteiger partial charge in [-0.3, -0.25) is 14.3 Å². The Labute approximate surface area is 172 Å². The van der Waals surface area contributed by atoms with Crippen LogP contribution in [-0.4, -0.2) is 38.2 Å². The van der Waals surface area contributed by atoms with Gasteiger partial charge in [0.1, 0.15) is 0 Å². The molecular weight excluding hydrogens is 364 g/mol. The number of rotatable bonds is 6. The molecule has 156 valence electrons. The highest BCUT2D eigenvalue weighted by Gasteiger charge is 2.41. The van der Waals surface area contributed by atoms with Crippen LogP contribution in [0.3, 0.4) is 0 Å². The molecule has 6 nitrogen and oxygen atoms in total. The van der Waals surface area contributed by atoms with Crippen molar-refractivity contribution in [3.8, 4) is 0 Å². The van der Waals surface area contributed by atoms with Gasteiger partial charge in [-0.05, 0) is 50.2 Å². The van der Waals surface area contributed by atoms with Gasteiger partial charge in [0.15, 0.2) is 0 Å². The maximum absolute atomic E-state index is 13.0. The van der Waals surface area contributed by atoms with E-state index in [-0.39, 0.29) is 23.4 Å². The summed E-state index contributed by atoms with van der Waals surface area (Å²) in [4.78, 5) is 27.8. The Morgan fingerprint density at radius 1 is 1.24 bits per heavy atom. The summed E-state index contributed by atoms with van der Waals surface area (Å²) >= 11 is 0. The fourth-order valence-electron chi connectivity index (χ4n) is 5.11. The quantitative estimate of drug-likeness (QED) is 0.752. The van der Waals surface area contributed by atoms with Gasteiger partial charge in [0.25, 0.3) is 5.56 Å². The lowest BCUT2D eigenvalue weighted by Crippen LogP contribution is -2.51. The average molecular weight is 397 g/mol. The maximum atomic E-state index is 13.0. The third kappa shape index (κ3) is 4.02. The van der Waals surface area contributed by atoms with Crippen molar-refractivity contribution in [2.24, 2.45) is 11.8 Å². The Balaban J connectivity index is 1.53. The summed E-state index contributed by atoms with van der Waals surface area (Å²) in [6.45, 7) is 8.57. The van der Waals surface area contributed by atoms with Crippen molar-refractivity contribution >= 4 is 5.91 Å². The van der Waals surface area contributed by atoms with E-state index in [1.165, 1.54) is 0 Å². The first kappa shape index (κ1) is 19.9. The molecule has 0 aliphatic carbocycles. The molecule has 0 radical (unpaired) electrons. The van der Waals surface area contributed by atoms with Gasteiger partial charge in [-0.2, -0.15) is 5.10 Å². The predicted octanol–water partition coefficient (Wildman–Crippen LogP) is 3.37. The molecule has 2 aliphatic rings. The Kier molecular flexibility index (Phi) is 5.61. The van der Waals surface area contributed by atoms with E-state index in [4.69, 9.17) is 0 Å². The van der Waals surface area contributed by atoms with Crippen LogP contribution < -0.4 is 5.56 Å². The lowest BCUT2D eigenvalue weighted by atomic mass is 9.76. The molecule has 2 aliphatic heterocycles. The van der Waals surface area contributed by atoms with Gasteiger partial charge in [-0.15, -0.1) is 0 Å². The van der Waals surface area contributed by atoms with Crippen molar-refractivity contribution in [1.82, 2.24) is 19.2 Å². The number of carbonyl (C=O) groups is 1. The second-order valence-corrected chi connectivity index (χ2v) is 9.13. The molecule has 0 spiro atoms. The standard InChI is InChI=1S/C23H32N4O2/c1-16(2)7-8-21-19-13-18(20-5-4-6-23(29)27(20)21)14-25(15-19)22(28)10-12-26-17(3)9-11-24-26/h4-6,9,11,16,18-19,21H,7-8,10,12-15H2,1-3H3/t18-,19+,21+/m1/s1. The smallest absolute Gasteiger partial charge is 0.250 e. The Morgan fingerprint density at radius 2 is 2.07 bits per heavy atom. The highest BCUT2D eigenvalue weighted by Crippen LogP contribution is 2.43. The molecule has 1 fully saturated rings. The number of aromatic nitrogens is 3. The van der Waals surface area contributed by atoms with Crippen LogP contribution in [0.4, 0.5) is 0 Å². The largest absolute Gasteiger partial charge is 0.342 e. The molecule has 0 aromatic carbocycles. The third-order valence-electron chi connectivity index (χ3n) is 6.66. The zero-order valence-corrected chi connectivity index (χ0v) is 17.8. The van der Waals surface area contributed by atoms with Gasteiger partial charge in [0.2, 0.25) is 5.91 Å². The molecule has 1 amide bonds. The number of hydrogen-bond donors (Lipinski definition) is 0. The zero-order valence-electron chi connectivity index (χ0n) is 17.8. The number of hydrogen-bond acceptors (Lipinski definition) is 3. The number of carbonyl (C=O) groups excluding carboxylic acids is 1. The lowest BCUT2D eigenvalue weighted by molar-refractivity contribution is -0.134. The van der Waals surface area contributed by atoms with E-state index < -0.39 is 0 Å². The van der Waals surface area contributed by atoms with Crippen molar-refractivity contribution in [3.63, 3.8) is 0 Å². The molecule has 4 heterocycles. The second kappa shape index (κ2) is 8.17. The number of amides is 1. The summed E-state index contributed by atoms with van der Waals surface area (Å²) < 4.78 is 3.94. The Morgan fingerprint density at radius 3 is 2.79 bits per heavy atom. The Bertz CT molecular complexity index is 929. The van der Waals surface area contributed by atoms with Gasteiger partial charge in [0.05, 0.1) is 0 Å². The van der Waals surface area contributed by atoms with E-state index >= 15 is 0 Å². The van der Waals surface area contributed by atoms with Gasteiger partial charge in [-0.25, -0.2) is 0 Å². The van der Waals surface area contributed by atoms with Gasteiger partial charge < -0.3 is 9.47 Å². The number of fused-ring (bicyclic) bond motifs is 4. The SMILES string of the molecule is Cc1ccnn1CCC(=O)N1C[C@H]2C[C@@H](C1)[C@H](CCC(C)C)n1c2cccc1=O. The normalized spacial score (nSPS) is 23.3. The molecule has 4 rings (SSSR count). The van der Waals surface area contributed by atoms with Crippen LogP contribution in [0.5, 0.6) is 0 Å². The van der Waals surface area contributed by atoms with Crippen LogP contribution in [0.1, 0.15) is 62.9 Å². The fraction of sp³-hybridized carbons (Fsp3) is 0.609.